The van der Waals surface area contributed by atoms with Crippen molar-refractivity contribution in [2.45, 2.75) is 11.9 Å². The zero-order valence-corrected chi connectivity index (χ0v) is 9.13. The molecule has 0 aliphatic rings. The van der Waals surface area contributed by atoms with Gasteiger partial charge in [0, 0.05) is 16.2 Å². The van der Waals surface area contributed by atoms with Crippen LogP contribution in [0.4, 0.5) is 17.6 Å². The molecule has 16 heavy (non-hydrogen) atoms. The van der Waals surface area contributed by atoms with Gasteiger partial charge in [0.1, 0.15) is 5.82 Å². The Morgan fingerprint density at radius 2 is 1.81 bits per heavy atom. The highest BCUT2D eigenvalue weighted by Crippen LogP contribution is 2.30. The van der Waals surface area contributed by atoms with Crippen molar-refractivity contribution in [1.29, 1.82) is 0 Å². The number of hydrogen-bond donors (Lipinski definition) is 0. The molecule has 2 nitrogen and oxygen atoms in total. The minimum absolute atomic E-state index is 0.426. The number of benzene rings is 1. The lowest BCUT2D eigenvalue weighted by atomic mass is 10.1. The maximum atomic E-state index is 13.0. The molecule has 0 amide bonds. The molecule has 0 heterocycles. The number of alkyl halides is 3. The van der Waals surface area contributed by atoms with Gasteiger partial charge in [-0.3, -0.25) is 0 Å². The van der Waals surface area contributed by atoms with Gasteiger partial charge in [-0.05, 0) is 18.2 Å². The third-order valence-electron chi connectivity index (χ3n) is 1.70. The molecule has 0 atom stereocenters. The molecule has 90 valence electrons. The molecule has 1 aromatic carbocycles. The van der Waals surface area contributed by atoms with E-state index in [9.17, 15) is 26.0 Å². The molecule has 0 unspecified atom stereocenters. The standard InChI is InChI=1S/C8H5ClF4O2S/c9-16(14,15)4-5-3-6(8(11,12)13)1-2-7(5)10/h1-3H,4H2. The molecule has 0 saturated carbocycles. The molecule has 0 aliphatic carbocycles. The van der Waals surface area contributed by atoms with Crippen LogP contribution in [0.5, 0.6) is 0 Å². The highest BCUT2D eigenvalue weighted by molar-refractivity contribution is 8.13. The predicted octanol–water partition coefficient (Wildman–Crippen LogP) is 2.91. The summed E-state index contributed by atoms with van der Waals surface area (Å²) in [6.45, 7) is 0. The second kappa shape index (κ2) is 4.21. The fraction of sp³-hybridized carbons (Fsp3) is 0.250. The second-order valence-electron chi connectivity index (χ2n) is 2.99. The molecule has 0 N–H and O–H groups in total. The quantitative estimate of drug-likeness (QED) is 0.615. The summed E-state index contributed by atoms with van der Waals surface area (Å²) < 4.78 is 70.9. The molecule has 0 radical (unpaired) electrons. The van der Waals surface area contributed by atoms with Gasteiger partial charge >= 0.3 is 6.18 Å². The van der Waals surface area contributed by atoms with Crippen LogP contribution in [0.25, 0.3) is 0 Å². The van der Waals surface area contributed by atoms with Crippen molar-refractivity contribution in [3.05, 3.63) is 35.1 Å². The van der Waals surface area contributed by atoms with Gasteiger partial charge in [0.05, 0.1) is 11.3 Å². The first-order valence-electron chi connectivity index (χ1n) is 3.87. The van der Waals surface area contributed by atoms with Crippen molar-refractivity contribution in [3.63, 3.8) is 0 Å². The fourth-order valence-corrected chi connectivity index (χ4v) is 1.99. The normalized spacial score (nSPS) is 12.8. The van der Waals surface area contributed by atoms with Gasteiger partial charge in [0.15, 0.2) is 0 Å². The van der Waals surface area contributed by atoms with Crippen LogP contribution in [-0.4, -0.2) is 8.42 Å². The minimum Gasteiger partial charge on any atom is -0.212 e. The maximum Gasteiger partial charge on any atom is 0.416 e. The number of halogens is 5. The van der Waals surface area contributed by atoms with Crippen molar-refractivity contribution in [2.75, 3.05) is 0 Å². The molecule has 0 aliphatic heterocycles. The molecular weight excluding hydrogens is 272 g/mol. The molecule has 1 aromatic rings. The van der Waals surface area contributed by atoms with Gasteiger partial charge in [0.2, 0.25) is 9.05 Å². The average molecular weight is 277 g/mol. The second-order valence-corrected chi connectivity index (χ2v) is 5.76. The molecule has 1 rings (SSSR count). The van der Waals surface area contributed by atoms with Gasteiger partial charge in [0.25, 0.3) is 0 Å². The Morgan fingerprint density at radius 1 is 1.25 bits per heavy atom. The summed E-state index contributed by atoms with van der Waals surface area (Å²) in [7, 11) is 0.734. The van der Waals surface area contributed by atoms with E-state index in [2.05, 4.69) is 0 Å². The Balaban J connectivity index is 3.20. The van der Waals surface area contributed by atoms with Crippen molar-refractivity contribution in [1.82, 2.24) is 0 Å². The highest BCUT2D eigenvalue weighted by Gasteiger charge is 2.31. The lowest BCUT2D eigenvalue weighted by molar-refractivity contribution is -0.137. The first-order valence-corrected chi connectivity index (χ1v) is 6.35. The lowest BCUT2D eigenvalue weighted by Crippen LogP contribution is -2.07. The van der Waals surface area contributed by atoms with Crippen LogP contribution in [0.15, 0.2) is 18.2 Å². The van der Waals surface area contributed by atoms with E-state index in [0.717, 1.165) is 0 Å². The van der Waals surface area contributed by atoms with Crippen molar-refractivity contribution in [2.24, 2.45) is 0 Å². The Kier molecular flexibility index (Phi) is 3.49. The molecule has 0 fully saturated rings. The van der Waals surface area contributed by atoms with E-state index >= 15 is 0 Å². The summed E-state index contributed by atoms with van der Waals surface area (Å²) in [4.78, 5) is 0. The molecule has 0 saturated heterocycles. The molecular formula is C8H5ClF4O2S. The van der Waals surface area contributed by atoms with E-state index in [1.165, 1.54) is 0 Å². The summed E-state index contributed by atoms with van der Waals surface area (Å²) in [6.07, 6.45) is -4.65. The topological polar surface area (TPSA) is 34.1 Å². The summed E-state index contributed by atoms with van der Waals surface area (Å²) in [5, 5.41) is 0. The van der Waals surface area contributed by atoms with E-state index in [0.29, 0.717) is 18.2 Å². The Morgan fingerprint density at radius 3 is 2.25 bits per heavy atom. The Bertz CT molecular complexity index is 495. The van der Waals surface area contributed by atoms with Crippen LogP contribution in [-0.2, 0) is 21.0 Å². The van der Waals surface area contributed by atoms with Crippen molar-refractivity contribution >= 4 is 19.7 Å². The highest BCUT2D eigenvalue weighted by atomic mass is 35.7. The SMILES string of the molecule is O=S(=O)(Cl)Cc1cc(C(F)(F)F)ccc1F. The van der Waals surface area contributed by atoms with Crippen LogP contribution in [0.1, 0.15) is 11.1 Å². The van der Waals surface area contributed by atoms with Gasteiger partial charge in [-0.25, -0.2) is 12.8 Å². The molecule has 0 bridgehead atoms. The Hall–Kier alpha value is -0.820. The van der Waals surface area contributed by atoms with Crippen LogP contribution in [0, 0.1) is 5.82 Å². The van der Waals surface area contributed by atoms with Crippen LogP contribution in [0.3, 0.4) is 0 Å². The van der Waals surface area contributed by atoms with E-state index in [1.54, 1.807) is 0 Å². The van der Waals surface area contributed by atoms with Crippen LogP contribution in [0.2, 0.25) is 0 Å². The van der Waals surface area contributed by atoms with Crippen molar-refractivity contribution < 1.29 is 26.0 Å². The average Bonchev–Trinajstić information content (AvgIpc) is 2.04. The first-order chi connectivity index (χ1) is 7.09. The van der Waals surface area contributed by atoms with E-state index in [4.69, 9.17) is 10.7 Å². The smallest absolute Gasteiger partial charge is 0.212 e. The summed E-state index contributed by atoms with van der Waals surface area (Å²) in [5.41, 5.74) is -1.73. The van der Waals surface area contributed by atoms with Gasteiger partial charge < -0.3 is 0 Å². The largest absolute Gasteiger partial charge is 0.416 e. The van der Waals surface area contributed by atoms with E-state index in [-0.39, 0.29) is 0 Å². The third kappa shape index (κ3) is 3.64. The summed E-state index contributed by atoms with van der Waals surface area (Å²) in [6, 6.07) is 1.51. The first kappa shape index (κ1) is 13.2. The predicted molar refractivity (Wildman–Crippen MR) is 49.9 cm³/mol. The van der Waals surface area contributed by atoms with Crippen LogP contribution < -0.4 is 0 Å². The van der Waals surface area contributed by atoms with E-state index in [1.807, 2.05) is 0 Å². The molecule has 0 spiro atoms. The Labute approximate surface area is 93.3 Å². The van der Waals surface area contributed by atoms with Crippen molar-refractivity contribution in [3.8, 4) is 0 Å². The van der Waals surface area contributed by atoms with Gasteiger partial charge in [-0.15, -0.1) is 0 Å². The number of rotatable bonds is 2. The summed E-state index contributed by atoms with van der Waals surface area (Å²) in [5.74, 6) is -2.03. The van der Waals surface area contributed by atoms with E-state index < -0.39 is 37.9 Å². The molecule has 0 aromatic heterocycles. The fourth-order valence-electron chi connectivity index (χ4n) is 1.05. The maximum absolute atomic E-state index is 13.0. The molecule has 8 heteroatoms. The third-order valence-corrected chi connectivity index (χ3v) is 2.68. The number of hydrogen-bond acceptors (Lipinski definition) is 2. The zero-order chi connectivity index (χ0) is 12.6. The van der Waals surface area contributed by atoms with Crippen LogP contribution >= 0.6 is 10.7 Å². The monoisotopic (exact) mass is 276 g/mol. The van der Waals surface area contributed by atoms with Gasteiger partial charge in [-0.1, -0.05) is 0 Å². The minimum atomic E-state index is -4.65. The zero-order valence-electron chi connectivity index (χ0n) is 7.55. The lowest BCUT2D eigenvalue weighted by Gasteiger charge is -2.08. The summed E-state index contributed by atoms with van der Waals surface area (Å²) >= 11 is 0. The van der Waals surface area contributed by atoms with Gasteiger partial charge in [-0.2, -0.15) is 13.2 Å².